The van der Waals surface area contributed by atoms with Crippen molar-refractivity contribution in [1.29, 1.82) is 0 Å². The van der Waals surface area contributed by atoms with Crippen LogP contribution in [0.3, 0.4) is 0 Å². The molecule has 0 unspecified atom stereocenters. The van der Waals surface area contributed by atoms with E-state index in [1.54, 1.807) is 0 Å². The summed E-state index contributed by atoms with van der Waals surface area (Å²) >= 11 is 9.53. The summed E-state index contributed by atoms with van der Waals surface area (Å²) < 4.78 is 0.990. The lowest BCUT2D eigenvalue weighted by Gasteiger charge is -2.10. The third-order valence-corrected chi connectivity index (χ3v) is 3.47. The summed E-state index contributed by atoms with van der Waals surface area (Å²) in [6.45, 7) is 2.90. The van der Waals surface area contributed by atoms with Gasteiger partial charge in [0.25, 0.3) is 0 Å². The van der Waals surface area contributed by atoms with Crippen molar-refractivity contribution in [2.45, 2.75) is 13.5 Å². The zero-order valence-electron chi connectivity index (χ0n) is 9.50. The molecule has 0 aliphatic rings. The van der Waals surface area contributed by atoms with Gasteiger partial charge in [-0.2, -0.15) is 0 Å². The van der Waals surface area contributed by atoms with Gasteiger partial charge in [0.1, 0.15) is 0 Å². The molecule has 0 saturated heterocycles. The number of hydrogen-bond acceptors (Lipinski definition) is 1. The zero-order chi connectivity index (χ0) is 12.3. The molecule has 0 fully saturated rings. The van der Waals surface area contributed by atoms with Gasteiger partial charge >= 0.3 is 0 Å². The van der Waals surface area contributed by atoms with E-state index in [2.05, 4.69) is 40.3 Å². The van der Waals surface area contributed by atoms with E-state index in [9.17, 15) is 0 Å². The summed E-state index contributed by atoms with van der Waals surface area (Å²) in [5, 5.41) is 4.07. The van der Waals surface area contributed by atoms with Crippen molar-refractivity contribution < 1.29 is 0 Å². The second-order valence-electron chi connectivity index (χ2n) is 3.90. The van der Waals surface area contributed by atoms with Crippen LogP contribution in [0, 0.1) is 6.92 Å². The van der Waals surface area contributed by atoms with Crippen molar-refractivity contribution >= 4 is 33.2 Å². The van der Waals surface area contributed by atoms with E-state index < -0.39 is 0 Å². The van der Waals surface area contributed by atoms with E-state index in [1.807, 2.05) is 30.3 Å². The quantitative estimate of drug-likeness (QED) is 0.839. The fourth-order valence-electron chi connectivity index (χ4n) is 1.63. The molecular formula is C14H13BrClN. The van der Waals surface area contributed by atoms with Crippen LogP contribution in [0.1, 0.15) is 11.1 Å². The number of nitrogens with one attached hydrogen (secondary N) is 1. The molecule has 2 aromatic carbocycles. The molecule has 1 N–H and O–H groups in total. The van der Waals surface area contributed by atoms with E-state index in [0.29, 0.717) is 0 Å². The fraction of sp³-hybridized carbons (Fsp3) is 0.143. The standard InChI is InChI=1S/C14H13BrClN/c1-10-4-2-3-5-11(10)9-17-14-7-6-12(15)8-13(14)16/h2-8,17H,9H2,1H3. The van der Waals surface area contributed by atoms with Crippen LogP contribution in [-0.2, 0) is 6.54 Å². The molecule has 0 atom stereocenters. The molecule has 1 nitrogen and oxygen atoms in total. The van der Waals surface area contributed by atoms with Gasteiger partial charge in [0, 0.05) is 11.0 Å². The topological polar surface area (TPSA) is 12.0 Å². The molecule has 2 aromatic rings. The number of halogens is 2. The van der Waals surface area contributed by atoms with Crippen LogP contribution >= 0.6 is 27.5 Å². The molecule has 0 aliphatic carbocycles. The lowest BCUT2D eigenvalue weighted by atomic mass is 10.1. The maximum atomic E-state index is 6.14. The Hall–Kier alpha value is -0.990. The van der Waals surface area contributed by atoms with Gasteiger partial charge in [-0.15, -0.1) is 0 Å². The highest BCUT2D eigenvalue weighted by Crippen LogP contribution is 2.26. The van der Waals surface area contributed by atoms with E-state index >= 15 is 0 Å². The lowest BCUT2D eigenvalue weighted by Crippen LogP contribution is -2.01. The summed E-state index contributed by atoms with van der Waals surface area (Å²) in [6, 6.07) is 14.2. The minimum atomic E-state index is 0.730. The molecule has 0 bridgehead atoms. The van der Waals surface area contributed by atoms with Crippen molar-refractivity contribution in [1.82, 2.24) is 0 Å². The van der Waals surface area contributed by atoms with Crippen LogP contribution in [0.4, 0.5) is 5.69 Å². The van der Waals surface area contributed by atoms with Crippen LogP contribution in [-0.4, -0.2) is 0 Å². The van der Waals surface area contributed by atoms with Gasteiger partial charge in [0.2, 0.25) is 0 Å². The molecule has 2 rings (SSSR count). The average molecular weight is 311 g/mol. The Morgan fingerprint density at radius 2 is 1.94 bits per heavy atom. The number of aryl methyl sites for hydroxylation is 1. The highest BCUT2D eigenvalue weighted by atomic mass is 79.9. The largest absolute Gasteiger partial charge is 0.380 e. The lowest BCUT2D eigenvalue weighted by molar-refractivity contribution is 1.12. The second-order valence-corrected chi connectivity index (χ2v) is 5.23. The molecule has 0 amide bonds. The van der Waals surface area contributed by atoms with Crippen molar-refractivity contribution in [3.8, 4) is 0 Å². The SMILES string of the molecule is Cc1ccccc1CNc1ccc(Br)cc1Cl. The Morgan fingerprint density at radius 3 is 2.65 bits per heavy atom. The second kappa shape index (κ2) is 5.56. The minimum absolute atomic E-state index is 0.730. The molecule has 0 spiro atoms. The van der Waals surface area contributed by atoms with Gasteiger partial charge in [-0.05, 0) is 36.2 Å². The Balaban J connectivity index is 2.10. The van der Waals surface area contributed by atoms with Crippen molar-refractivity contribution in [3.05, 3.63) is 63.1 Å². The van der Waals surface area contributed by atoms with Crippen LogP contribution in [0.25, 0.3) is 0 Å². The number of hydrogen-bond donors (Lipinski definition) is 1. The minimum Gasteiger partial charge on any atom is -0.380 e. The van der Waals surface area contributed by atoms with E-state index in [1.165, 1.54) is 11.1 Å². The van der Waals surface area contributed by atoms with Gasteiger partial charge < -0.3 is 5.32 Å². The summed E-state index contributed by atoms with van der Waals surface area (Å²) in [5.41, 5.74) is 3.53. The molecule has 17 heavy (non-hydrogen) atoms. The molecule has 0 radical (unpaired) electrons. The van der Waals surface area contributed by atoms with Gasteiger partial charge in [-0.25, -0.2) is 0 Å². The average Bonchev–Trinajstić information content (AvgIpc) is 2.30. The van der Waals surface area contributed by atoms with Gasteiger partial charge in [-0.1, -0.05) is 51.8 Å². The first-order chi connectivity index (χ1) is 8.16. The normalized spacial score (nSPS) is 10.3. The predicted octanol–water partition coefficient (Wildman–Crippen LogP) is 5.02. The third-order valence-electron chi connectivity index (χ3n) is 2.66. The van der Waals surface area contributed by atoms with Gasteiger partial charge in [0.15, 0.2) is 0 Å². The predicted molar refractivity (Wildman–Crippen MR) is 77.7 cm³/mol. The molecule has 0 saturated carbocycles. The summed E-state index contributed by atoms with van der Waals surface area (Å²) in [5.74, 6) is 0. The number of anilines is 1. The van der Waals surface area contributed by atoms with Crippen LogP contribution in [0.5, 0.6) is 0 Å². The molecule has 0 heterocycles. The first-order valence-corrected chi connectivity index (χ1v) is 6.57. The Morgan fingerprint density at radius 1 is 1.18 bits per heavy atom. The third kappa shape index (κ3) is 3.24. The number of benzene rings is 2. The van der Waals surface area contributed by atoms with E-state index in [0.717, 1.165) is 21.7 Å². The van der Waals surface area contributed by atoms with Gasteiger partial charge in [-0.3, -0.25) is 0 Å². The zero-order valence-corrected chi connectivity index (χ0v) is 11.8. The Bertz CT molecular complexity index is 525. The van der Waals surface area contributed by atoms with E-state index in [-0.39, 0.29) is 0 Å². The maximum absolute atomic E-state index is 6.14. The van der Waals surface area contributed by atoms with Crippen molar-refractivity contribution in [2.75, 3.05) is 5.32 Å². The molecule has 88 valence electrons. The van der Waals surface area contributed by atoms with Crippen LogP contribution in [0.15, 0.2) is 46.9 Å². The monoisotopic (exact) mass is 309 g/mol. The van der Waals surface area contributed by atoms with Gasteiger partial charge in [0.05, 0.1) is 10.7 Å². The summed E-state index contributed by atoms with van der Waals surface area (Å²) in [7, 11) is 0. The molecule has 0 aliphatic heterocycles. The maximum Gasteiger partial charge on any atom is 0.0648 e. The fourth-order valence-corrected chi connectivity index (χ4v) is 2.37. The van der Waals surface area contributed by atoms with Crippen molar-refractivity contribution in [3.63, 3.8) is 0 Å². The first kappa shape index (κ1) is 12.5. The molecule has 0 aromatic heterocycles. The smallest absolute Gasteiger partial charge is 0.0648 e. The molecular weight excluding hydrogens is 298 g/mol. The number of rotatable bonds is 3. The highest BCUT2D eigenvalue weighted by Gasteiger charge is 2.01. The van der Waals surface area contributed by atoms with Crippen LogP contribution in [0.2, 0.25) is 5.02 Å². The summed E-state index contributed by atoms with van der Waals surface area (Å²) in [4.78, 5) is 0. The molecule has 3 heteroatoms. The Labute approximate surface area is 115 Å². The van der Waals surface area contributed by atoms with Crippen molar-refractivity contribution in [2.24, 2.45) is 0 Å². The summed E-state index contributed by atoms with van der Waals surface area (Å²) in [6.07, 6.45) is 0. The Kier molecular flexibility index (Phi) is 4.08. The highest BCUT2D eigenvalue weighted by molar-refractivity contribution is 9.10. The van der Waals surface area contributed by atoms with E-state index in [4.69, 9.17) is 11.6 Å². The van der Waals surface area contributed by atoms with Crippen LogP contribution < -0.4 is 5.32 Å². The first-order valence-electron chi connectivity index (χ1n) is 5.40.